The molecule has 22 heavy (non-hydrogen) atoms. The summed E-state index contributed by atoms with van der Waals surface area (Å²) in [5, 5.41) is 14.1. The van der Waals surface area contributed by atoms with E-state index < -0.39 is 11.4 Å². The van der Waals surface area contributed by atoms with E-state index in [2.05, 4.69) is 10.3 Å². The van der Waals surface area contributed by atoms with Crippen molar-refractivity contribution in [1.29, 1.82) is 0 Å². The van der Waals surface area contributed by atoms with E-state index in [1.54, 1.807) is 10.3 Å². The van der Waals surface area contributed by atoms with Crippen LogP contribution in [0.3, 0.4) is 0 Å². The van der Waals surface area contributed by atoms with Gasteiger partial charge < -0.3 is 15.3 Å². The maximum absolute atomic E-state index is 12.5. The minimum absolute atomic E-state index is 0.0300. The first-order valence-corrected chi connectivity index (χ1v) is 8.06. The third-order valence-corrected chi connectivity index (χ3v) is 5.35. The number of aliphatic carboxylic acids is 1. The molecule has 0 aromatic carbocycles. The Morgan fingerprint density at radius 1 is 1.50 bits per heavy atom. The predicted octanol–water partition coefficient (Wildman–Crippen LogP) is 1.43. The Hall–Kier alpha value is -1.96. The van der Waals surface area contributed by atoms with Gasteiger partial charge in [0.1, 0.15) is 5.69 Å². The minimum Gasteiger partial charge on any atom is -0.481 e. The Morgan fingerprint density at radius 3 is 2.91 bits per heavy atom. The molecule has 1 aromatic heterocycles. The van der Waals surface area contributed by atoms with Crippen LogP contribution < -0.4 is 5.32 Å². The molecule has 0 bridgehead atoms. The van der Waals surface area contributed by atoms with Crippen molar-refractivity contribution in [2.75, 3.05) is 18.4 Å². The summed E-state index contributed by atoms with van der Waals surface area (Å²) in [5.41, 5.74) is -0.527. The summed E-state index contributed by atoms with van der Waals surface area (Å²) in [6.07, 6.45) is 2.39. The molecule has 7 nitrogen and oxygen atoms in total. The van der Waals surface area contributed by atoms with Gasteiger partial charge in [0.25, 0.3) is 5.91 Å². The molecule has 2 atom stereocenters. The van der Waals surface area contributed by atoms with Crippen LogP contribution in [0, 0.1) is 11.3 Å². The van der Waals surface area contributed by atoms with Crippen LogP contribution in [0.15, 0.2) is 5.38 Å². The highest BCUT2D eigenvalue weighted by atomic mass is 32.1. The molecular formula is C14H17N3O4S. The third-order valence-electron chi connectivity index (χ3n) is 4.59. The molecule has 2 heterocycles. The fraction of sp³-hybridized carbons (Fsp3) is 0.571. The Morgan fingerprint density at radius 2 is 2.27 bits per heavy atom. The van der Waals surface area contributed by atoms with Crippen LogP contribution >= 0.6 is 11.3 Å². The molecule has 2 amide bonds. The Balaban J connectivity index is 1.75. The number of carbonyl (C=O) groups is 3. The molecule has 8 heteroatoms. The molecule has 2 aliphatic rings. The zero-order valence-corrected chi connectivity index (χ0v) is 13.0. The number of likely N-dealkylation sites (tertiary alicyclic amines) is 1. The van der Waals surface area contributed by atoms with E-state index >= 15 is 0 Å². The number of nitrogens with one attached hydrogen (secondary N) is 1. The number of anilines is 1. The summed E-state index contributed by atoms with van der Waals surface area (Å²) in [7, 11) is 0. The quantitative estimate of drug-likeness (QED) is 0.876. The maximum Gasteiger partial charge on any atom is 0.311 e. The van der Waals surface area contributed by atoms with E-state index in [1.165, 1.54) is 18.3 Å². The van der Waals surface area contributed by atoms with Gasteiger partial charge in [-0.1, -0.05) is 6.42 Å². The maximum atomic E-state index is 12.5. The van der Waals surface area contributed by atoms with Crippen LogP contribution in [-0.2, 0) is 9.59 Å². The smallest absolute Gasteiger partial charge is 0.311 e. The van der Waals surface area contributed by atoms with E-state index in [0.29, 0.717) is 18.1 Å². The SMILES string of the molecule is CC(=O)Nc1nc(C(=O)N2C[C@@H]3CCC[C@@]3(C(=O)O)C2)cs1. The van der Waals surface area contributed by atoms with Gasteiger partial charge in [0.05, 0.1) is 5.41 Å². The topological polar surface area (TPSA) is 99.6 Å². The van der Waals surface area contributed by atoms with Gasteiger partial charge in [0.15, 0.2) is 5.13 Å². The number of carboxylic acids is 1. The third kappa shape index (κ3) is 2.37. The van der Waals surface area contributed by atoms with E-state index in [4.69, 9.17) is 0 Å². The largest absolute Gasteiger partial charge is 0.481 e. The summed E-state index contributed by atoms with van der Waals surface area (Å²) in [5.74, 6) is -1.28. The van der Waals surface area contributed by atoms with Crippen molar-refractivity contribution < 1.29 is 19.5 Å². The Labute approximate surface area is 131 Å². The van der Waals surface area contributed by atoms with Crippen LogP contribution in [0.4, 0.5) is 5.13 Å². The van der Waals surface area contributed by atoms with Crippen LogP contribution in [0.2, 0.25) is 0 Å². The van der Waals surface area contributed by atoms with Crippen LogP contribution in [0.1, 0.15) is 36.7 Å². The first-order valence-electron chi connectivity index (χ1n) is 7.18. The molecule has 1 saturated heterocycles. The van der Waals surface area contributed by atoms with Gasteiger partial charge in [-0.15, -0.1) is 11.3 Å². The molecule has 1 aliphatic carbocycles. The molecule has 2 fully saturated rings. The van der Waals surface area contributed by atoms with Gasteiger partial charge in [0.2, 0.25) is 5.91 Å². The number of hydrogen-bond donors (Lipinski definition) is 2. The number of nitrogens with zero attached hydrogens (tertiary/aromatic N) is 2. The standard InChI is InChI=1S/C14H17N3O4S/c1-8(18)15-13-16-10(6-22-13)11(19)17-5-9-3-2-4-14(9,7-17)12(20)21/h6,9H,2-5,7H2,1H3,(H,20,21)(H,15,16,18)/t9-,14+/m0/s1. The number of fused-ring (bicyclic) bond motifs is 1. The normalized spacial score (nSPS) is 26.8. The lowest BCUT2D eigenvalue weighted by Crippen LogP contribution is -2.37. The number of hydrogen-bond acceptors (Lipinski definition) is 5. The number of carbonyl (C=O) groups excluding carboxylic acids is 2. The van der Waals surface area contributed by atoms with Crippen LogP contribution in [-0.4, -0.2) is 45.9 Å². The number of rotatable bonds is 3. The van der Waals surface area contributed by atoms with Gasteiger partial charge in [0, 0.05) is 25.4 Å². The molecule has 1 saturated carbocycles. The first-order chi connectivity index (χ1) is 10.4. The number of carboxylic acid groups (broad SMARTS) is 1. The fourth-order valence-electron chi connectivity index (χ4n) is 3.54. The molecule has 0 radical (unpaired) electrons. The Bertz CT molecular complexity index is 644. The average molecular weight is 323 g/mol. The Kier molecular flexibility index (Phi) is 3.64. The van der Waals surface area contributed by atoms with Gasteiger partial charge in [-0.3, -0.25) is 14.4 Å². The lowest BCUT2D eigenvalue weighted by atomic mass is 9.81. The first kappa shape index (κ1) is 15.0. The highest BCUT2D eigenvalue weighted by molar-refractivity contribution is 7.14. The lowest BCUT2D eigenvalue weighted by Gasteiger charge is -2.23. The number of thiazole rings is 1. The summed E-state index contributed by atoms with van der Waals surface area (Å²) in [6, 6.07) is 0. The van der Waals surface area contributed by atoms with Gasteiger partial charge in [-0.25, -0.2) is 4.98 Å². The molecule has 1 aromatic rings. The molecule has 0 spiro atoms. The van der Waals surface area contributed by atoms with Crippen molar-refractivity contribution in [2.45, 2.75) is 26.2 Å². The second-order valence-corrected chi connectivity index (χ2v) is 6.81. The van der Waals surface area contributed by atoms with Crippen molar-refractivity contribution in [1.82, 2.24) is 9.88 Å². The number of aromatic nitrogens is 1. The lowest BCUT2D eigenvalue weighted by molar-refractivity contribution is -0.149. The summed E-state index contributed by atoms with van der Waals surface area (Å²) in [4.78, 5) is 40.8. The van der Waals surface area contributed by atoms with Crippen molar-refractivity contribution in [2.24, 2.45) is 11.3 Å². The summed E-state index contributed by atoms with van der Waals surface area (Å²) in [6.45, 7) is 2.10. The molecule has 1 aliphatic heterocycles. The highest BCUT2D eigenvalue weighted by Crippen LogP contribution is 2.49. The van der Waals surface area contributed by atoms with Crippen LogP contribution in [0.25, 0.3) is 0 Å². The molecule has 3 rings (SSSR count). The fourth-order valence-corrected chi connectivity index (χ4v) is 4.27. The van der Waals surface area contributed by atoms with Crippen molar-refractivity contribution >= 4 is 34.3 Å². The average Bonchev–Trinajstić information content (AvgIpc) is 3.09. The predicted molar refractivity (Wildman–Crippen MR) is 79.7 cm³/mol. The van der Waals surface area contributed by atoms with Gasteiger partial charge >= 0.3 is 5.97 Å². The molecule has 2 N–H and O–H groups in total. The van der Waals surface area contributed by atoms with E-state index in [-0.39, 0.29) is 30.0 Å². The summed E-state index contributed by atoms with van der Waals surface area (Å²) >= 11 is 1.18. The van der Waals surface area contributed by atoms with E-state index in [1.807, 2.05) is 0 Å². The van der Waals surface area contributed by atoms with Crippen molar-refractivity contribution in [3.63, 3.8) is 0 Å². The van der Waals surface area contributed by atoms with Crippen molar-refractivity contribution in [3.05, 3.63) is 11.1 Å². The second kappa shape index (κ2) is 5.35. The molecule has 118 valence electrons. The monoisotopic (exact) mass is 323 g/mol. The van der Waals surface area contributed by atoms with Gasteiger partial charge in [-0.05, 0) is 18.8 Å². The van der Waals surface area contributed by atoms with Crippen LogP contribution in [0.5, 0.6) is 0 Å². The van der Waals surface area contributed by atoms with Gasteiger partial charge in [-0.2, -0.15) is 0 Å². The highest BCUT2D eigenvalue weighted by Gasteiger charge is 2.55. The molecule has 0 unspecified atom stereocenters. The van der Waals surface area contributed by atoms with E-state index in [0.717, 1.165) is 12.8 Å². The minimum atomic E-state index is -0.803. The number of amides is 2. The zero-order chi connectivity index (χ0) is 15.9. The van der Waals surface area contributed by atoms with E-state index in [9.17, 15) is 19.5 Å². The zero-order valence-electron chi connectivity index (χ0n) is 12.2. The summed E-state index contributed by atoms with van der Waals surface area (Å²) < 4.78 is 0. The second-order valence-electron chi connectivity index (χ2n) is 5.96. The molecular weight excluding hydrogens is 306 g/mol. The van der Waals surface area contributed by atoms with Crippen molar-refractivity contribution in [3.8, 4) is 0 Å².